The minimum Gasteiger partial charge on any atom is -0.347 e. The minimum absolute atomic E-state index is 0.00413. The van der Waals surface area contributed by atoms with E-state index in [1.807, 2.05) is 39.0 Å². The zero-order chi connectivity index (χ0) is 35.6. The Hall–Kier alpha value is -3.44. The van der Waals surface area contributed by atoms with Crippen LogP contribution in [-0.2, 0) is 28.8 Å². The molecule has 0 aromatic heterocycles. The van der Waals surface area contributed by atoms with E-state index >= 15 is 0 Å². The van der Waals surface area contributed by atoms with Crippen molar-refractivity contribution in [3.8, 4) is 0 Å². The van der Waals surface area contributed by atoms with Crippen molar-refractivity contribution in [1.82, 2.24) is 26.3 Å². The Bertz CT molecular complexity index is 1510. The number of benzene rings is 1. The average molecular weight is 710 g/mol. The SMILES string of the molecule is CC(C)(C)[C@H](NC(=O)CC1CCCCC1)C(=O)N1C[C@@]2(C=C(c3cccc(Cl)c3)NO2)C[C@H]1C(=O)N[C@@H](CC1CCC1)C(=O)C(=O)NC1CC1. The van der Waals surface area contributed by atoms with E-state index in [2.05, 4.69) is 21.4 Å². The summed E-state index contributed by atoms with van der Waals surface area (Å²) in [6.07, 6.45) is 12.7. The lowest BCUT2D eigenvalue weighted by Gasteiger charge is -2.36. The Morgan fingerprint density at radius 1 is 0.980 bits per heavy atom. The Morgan fingerprint density at radius 3 is 2.34 bits per heavy atom. The number of rotatable bonds is 12. The van der Waals surface area contributed by atoms with Crippen molar-refractivity contribution in [3.05, 3.63) is 40.9 Å². The first kappa shape index (κ1) is 36.4. The van der Waals surface area contributed by atoms with Crippen molar-refractivity contribution >= 4 is 46.7 Å². The lowest BCUT2D eigenvalue weighted by atomic mass is 9.80. The van der Waals surface area contributed by atoms with E-state index < -0.39 is 52.6 Å². The number of carbonyl (C=O) groups excluding carboxylic acids is 5. The van der Waals surface area contributed by atoms with Gasteiger partial charge in [-0.2, -0.15) is 0 Å². The zero-order valence-corrected chi connectivity index (χ0v) is 30.3. The van der Waals surface area contributed by atoms with Crippen molar-refractivity contribution in [2.75, 3.05) is 6.54 Å². The molecule has 4 atom stereocenters. The summed E-state index contributed by atoms with van der Waals surface area (Å²) in [5, 5.41) is 9.26. The van der Waals surface area contributed by atoms with Gasteiger partial charge in [-0.3, -0.25) is 34.3 Å². The molecular formula is C38H52ClN5O6. The molecule has 0 unspecified atom stereocenters. The maximum absolute atomic E-state index is 14.6. The van der Waals surface area contributed by atoms with Crippen LogP contribution in [-0.4, -0.2) is 70.6 Å². The molecule has 2 heterocycles. The third-order valence-electron chi connectivity index (χ3n) is 11.0. The van der Waals surface area contributed by atoms with Gasteiger partial charge in [-0.15, -0.1) is 0 Å². The van der Waals surface area contributed by atoms with Gasteiger partial charge in [0.2, 0.25) is 23.5 Å². The third kappa shape index (κ3) is 8.70. The number of nitrogens with zero attached hydrogens (tertiary/aromatic N) is 1. The number of carbonyl (C=O) groups is 5. The van der Waals surface area contributed by atoms with Gasteiger partial charge in [0.1, 0.15) is 17.7 Å². The van der Waals surface area contributed by atoms with Crippen LogP contribution in [0.25, 0.3) is 5.70 Å². The predicted molar refractivity (Wildman–Crippen MR) is 189 cm³/mol. The van der Waals surface area contributed by atoms with Crippen LogP contribution in [0, 0.1) is 17.3 Å². The normalized spacial score (nSPS) is 25.2. The smallest absolute Gasteiger partial charge is 0.289 e. The maximum atomic E-state index is 14.6. The van der Waals surface area contributed by atoms with Gasteiger partial charge >= 0.3 is 0 Å². The fourth-order valence-electron chi connectivity index (χ4n) is 7.71. The number of hydrogen-bond acceptors (Lipinski definition) is 7. The largest absolute Gasteiger partial charge is 0.347 e. The van der Waals surface area contributed by atoms with Crippen molar-refractivity contribution in [2.45, 2.75) is 134 Å². The third-order valence-corrected chi connectivity index (χ3v) is 11.3. The average Bonchev–Trinajstić information content (AvgIpc) is 3.65. The Balaban J connectivity index is 1.26. The second-order valence-corrected chi connectivity index (χ2v) is 16.7. The second kappa shape index (κ2) is 15.0. The van der Waals surface area contributed by atoms with Gasteiger partial charge in [0, 0.05) is 29.5 Å². The molecule has 1 saturated heterocycles. The van der Waals surface area contributed by atoms with E-state index in [9.17, 15) is 24.0 Å². The molecule has 5 aliphatic rings. The van der Waals surface area contributed by atoms with E-state index in [-0.39, 0.29) is 30.8 Å². The molecule has 0 bridgehead atoms. The number of likely N-dealkylation sites (tertiary alicyclic amines) is 1. The Labute approximate surface area is 300 Å². The van der Waals surface area contributed by atoms with Crippen LogP contribution < -0.4 is 21.4 Å². The highest BCUT2D eigenvalue weighted by Gasteiger charge is 2.54. The number of Topliss-reactive ketones (excluding diaryl/α,β-unsaturated/α-hetero) is 1. The molecule has 50 heavy (non-hydrogen) atoms. The van der Waals surface area contributed by atoms with Crippen LogP contribution >= 0.6 is 11.6 Å². The lowest BCUT2D eigenvalue weighted by Crippen LogP contribution is -2.59. The van der Waals surface area contributed by atoms with Crippen molar-refractivity contribution in [2.24, 2.45) is 17.3 Å². The monoisotopic (exact) mass is 709 g/mol. The molecule has 12 heteroatoms. The molecule has 3 saturated carbocycles. The van der Waals surface area contributed by atoms with Crippen LogP contribution in [0.15, 0.2) is 30.3 Å². The fraction of sp³-hybridized carbons (Fsp3) is 0.658. The molecule has 4 amide bonds. The molecular weight excluding hydrogens is 658 g/mol. The Morgan fingerprint density at radius 2 is 1.70 bits per heavy atom. The summed E-state index contributed by atoms with van der Waals surface area (Å²) in [5.74, 6) is -1.90. The van der Waals surface area contributed by atoms with Gasteiger partial charge in [-0.05, 0) is 67.6 Å². The van der Waals surface area contributed by atoms with Crippen LogP contribution in [0.3, 0.4) is 0 Å². The van der Waals surface area contributed by atoms with E-state index in [0.29, 0.717) is 29.5 Å². The quantitative estimate of drug-likeness (QED) is 0.233. The summed E-state index contributed by atoms with van der Waals surface area (Å²) >= 11 is 6.27. The van der Waals surface area contributed by atoms with E-state index in [1.165, 1.54) is 11.3 Å². The minimum atomic E-state index is -1.07. The van der Waals surface area contributed by atoms with Crippen LogP contribution in [0.2, 0.25) is 5.02 Å². The molecule has 3 aliphatic carbocycles. The zero-order valence-electron chi connectivity index (χ0n) is 29.5. The molecule has 4 fully saturated rings. The van der Waals surface area contributed by atoms with E-state index in [0.717, 1.165) is 63.4 Å². The number of hydroxylamine groups is 1. The van der Waals surface area contributed by atoms with Crippen molar-refractivity contribution < 1.29 is 28.8 Å². The molecule has 0 radical (unpaired) electrons. The first-order chi connectivity index (χ1) is 23.8. The second-order valence-electron chi connectivity index (χ2n) is 16.3. The van der Waals surface area contributed by atoms with Gasteiger partial charge < -0.3 is 20.9 Å². The molecule has 272 valence electrons. The van der Waals surface area contributed by atoms with Gasteiger partial charge in [-0.25, -0.2) is 0 Å². The summed E-state index contributed by atoms with van der Waals surface area (Å²) in [7, 11) is 0. The van der Waals surface area contributed by atoms with Crippen LogP contribution in [0.1, 0.15) is 110 Å². The van der Waals surface area contributed by atoms with Crippen molar-refractivity contribution in [1.29, 1.82) is 0 Å². The number of nitrogens with one attached hydrogen (secondary N) is 4. The van der Waals surface area contributed by atoms with Crippen LogP contribution in [0.4, 0.5) is 0 Å². The number of halogens is 1. The van der Waals surface area contributed by atoms with Crippen molar-refractivity contribution in [3.63, 3.8) is 0 Å². The number of hydrogen-bond donors (Lipinski definition) is 4. The summed E-state index contributed by atoms with van der Waals surface area (Å²) in [4.78, 5) is 76.3. The predicted octanol–water partition coefficient (Wildman–Crippen LogP) is 4.58. The molecule has 6 rings (SSSR count). The standard InChI is InChI=1S/C38H52ClN5O6/c1-37(2,3)33(42-31(45)18-24-9-5-4-6-10-24)36(49)44-22-38(20-29(43-50-38)25-13-8-14-26(39)19-25)21-30(44)34(47)41-28(17-23-11-7-12-23)32(46)35(48)40-27-15-16-27/h8,13-14,19-20,23-24,27-28,30,33,43H,4-7,9-12,15-18,21-22H2,1-3H3,(H,40,48)(H,41,47)(H,42,45)/t28-,30-,33+,38+/m0/s1. The molecule has 2 aliphatic heterocycles. The van der Waals surface area contributed by atoms with Crippen LogP contribution in [0.5, 0.6) is 0 Å². The molecule has 1 spiro atoms. The first-order valence-corrected chi connectivity index (χ1v) is 18.9. The topological polar surface area (TPSA) is 146 Å². The number of ketones is 1. The summed E-state index contributed by atoms with van der Waals surface area (Å²) in [6.45, 7) is 5.73. The molecule has 1 aromatic rings. The van der Waals surface area contributed by atoms with Gasteiger partial charge in [0.15, 0.2) is 0 Å². The summed E-state index contributed by atoms with van der Waals surface area (Å²) in [6, 6.07) is 4.35. The highest BCUT2D eigenvalue weighted by molar-refractivity contribution is 6.38. The van der Waals surface area contributed by atoms with Gasteiger partial charge in [0.25, 0.3) is 5.91 Å². The first-order valence-electron chi connectivity index (χ1n) is 18.5. The highest BCUT2D eigenvalue weighted by atomic mass is 35.5. The molecule has 1 aromatic carbocycles. The molecule has 4 N–H and O–H groups in total. The Kier molecular flexibility index (Phi) is 10.9. The maximum Gasteiger partial charge on any atom is 0.289 e. The van der Waals surface area contributed by atoms with E-state index in [4.69, 9.17) is 16.4 Å². The van der Waals surface area contributed by atoms with Gasteiger partial charge in [-0.1, -0.05) is 83.0 Å². The summed E-state index contributed by atoms with van der Waals surface area (Å²) in [5.41, 5.74) is 2.69. The number of amides is 4. The lowest BCUT2D eigenvalue weighted by molar-refractivity contribution is -0.145. The molecule has 11 nitrogen and oxygen atoms in total. The highest BCUT2D eigenvalue weighted by Crippen LogP contribution is 2.39. The van der Waals surface area contributed by atoms with E-state index in [1.54, 1.807) is 12.1 Å². The fourth-order valence-corrected chi connectivity index (χ4v) is 7.90. The van der Waals surface area contributed by atoms with Gasteiger partial charge in [0.05, 0.1) is 18.3 Å². The summed E-state index contributed by atoms with van der Waals surface area (Å²) < 4.78 is 0.